The number of hydrazone groups is 1. The molecule has 2 aromatic carbocycles. The van der Waals surface area contributed by atoms with Crippen LogP contribution in [0.4, 0.5) is 5.69 Å². The molecule has 0 saturated heterocycles. The molecule has 0 bridgehead atoms. The van der Waals surface area contributed by atoms with Gasteiger partial charge in [-0.3, -0.25) is 4.79 Å². The maximum Gasteiger partial charge on any atom is 0.255 e. The molecule has 8 heteroatoms. The Kier molecular flexibility index (Phi) is 4.92. The van der Waals surface area contributed by atoms with Gasteiger partial charge in [0, 0.05) is 16.8 Å². The van der Waals surface area contributed by atoms with E-state index in [1.54, 1.807) is 5.01 Å². The fraction of sp³-hybridized carbons (Fsp3) is 0.182. The highest BCUT2D eigenvalue weighted by atomic mass is 35.5. The highest BCUT2D eigenvalue weighted by Gasteiger charge is 2.43. The van der Waals surface area contributed by atoms with E-state index in [2.05, 4.69) is 10.6 Å². The number of hydrogen-bond donors (Lipinski definition) is 2. The average Bonchev–Trinajstić information content (AvgIpc) is 3.23. The molecule has 2 aliphatic rings. The van der Waals surface area contributed by atoms with Crippen LogP contribution < -0.4 is 10.6 Å². The number of fused-ring (bicyclic) bond motifs is 3. The van der Waals surface area contributed by atoms with Crippen molar-refractivity contribution in [3.8, 4) is 11.3 Å². The molecule has 0 unspecified atom stereocenters. The van der Waals surface area contributed by atoms with Crippen LogP contribution >= 0.6 is 23.4 Å². The van der Waals surface area contributed by atoms with Crippen LogP contribution in [0.5, 0.6) is 0 Å². The lowest BCUT2D eigenvalue weighted by Gasteiger charge is -2.42. The van der Waals surface area contributed by atoms with Crippen LogP contribution in [0.2, 0.25) is 5.02 Å². The molecule has 3 heterocycles. The number of rotatable bonds is 3. The topological polar surface area (TPSA) is 69.9 Å². The molecule has 0 aliphatic carbocycles. The molecule has 152 valence electrons. The molecule has 0 fully saturated rings. The number of nitrogens with zero attached hydrogens (tertiary/aromatic N) is 2. The van der Waals surface area contributed by atoms with Crippen LogP contribution in [0, 0.1) is 0 Å². The van der Waals surface area contributed by atoms with Crippen LogP contribution in [0.3, 0.4) is 0 Å². The van der Waals surface area contributed by atoms with Crippen molar-refractivity contribution in [2.75, 3.05) is 11.1 Å². The number of anilines is 1. The first-order valence-electron chi connectivity index (χ1n) is 9.66. The summed E-state index contributed by atoms with van der Waals surface area (Å²) >= 11 is 7.84. The second-order valence-corrected chi connectivity index (χ2v) is 8.59. The first kappa shape index (κ1) is 19.1. The normalized spacial score (nSPS) is 20.0. The second kappa shape index (κ2) is 7.74. The number of halogens is 1. The number of benzene rings is 2. The summed E-state index contributed by atoms with van der Waals surface area (Å²) in [5, 5.41) is 14.1. The van der Waals surface area contributed by atoms with Crippen LogP contribution in [0.1, 0.15) is 30.5 Å². The van der Waals surface area contributed by atoms with E-state index in [0.717, 1.165) is 22.6 Å². The van der Waals surface area contributed by atoms with Gasteiger partial charge < -0.3 is 15.1 Å². The first-order valence-corrected chi connectivity index (χ1v) is 11.0. The van der Waals surface area contributed by atoms with Gasteiger partial charge in [0.05, 0.1) is 5.02 Å². The zero-order valence-corrected chi connectivity index (χ0v) is 17.7. The molecule has 1 aromatic heterocycles. The van der Waals surface area contributed by atoms with Gasteiger partial charge in [0.2, 0.25) is 0 Å². The smallest absolute Gasteiger partial charge is 0.255 e. The van der Waals surface area contributed by atoms with Crippen molar-refractivity contribution in [3.05, 3.63) is 77.0 Å². The third-order valence-corrected chi connectivity index (χ3v) is 6.15. The van der Waals surface area contributed by atoms with Crippen LogP contribution in [0.25, 0.3) is 11.3 Å². The van der Waals surface area contributed by atoms with E-state index in [-0.39, 0.29) is 5.91 Å². The third kappa shape index (κ3) is 3.24. The largest absolute Gasteiger partial charge is 0.457 e. The lowest BCUT2D eigenvalue weighted by atomic mass is 9.99. The lowest BCUT2D eigenvalue weighted by molar-refractivity contribution is -0.127. The lowest BCUT2D eigenvalue weighted by Crippen LogP contribution is -2.50. The van der Waals surface area contributed by atoms with Gasteiger partial charge in [-0.05, 0) is 36.1 Å². The number of carbonyl (C=O) groups is 1. The SMILES string of the molecule is CCSC1=NN2[C@H](c3ccc(-c4ccccc4Cl)o3)Nc3ccccc3[C@@H]2C(=O)N1. The van der Waals surface area contributed by atoms with Crippen LogP contribution in [-0.2, 0) is 4.79 Å². The van der Waals surface area contributed by atoms with E-state index < -0.39 is 12.2 Å². The Morgan fingerprint density at radius 2 is 1.93 bits per heavy atom. The molecule has 5 rings (SSSR count). The Bertz CT molecular complexity index is 1150. The molecule has 1 amide bonds. The van der Waals surface area contributed by atoms with Gasteiger partial charge in [0.1, 0.15) is 11.5 Å². The van der Waals surface area contributed by atoms with Gasteiger partial charge in [-0.25, -0.2) is 5.01 Å². The van der Waals surface area contributed by atoms with Crippen molar-refractivity contribution in [1.29, 1.82) is 0 Å². The van der Waals surface area contributed by atoms with E-state index in [1.807, 2.05) is 67.6 Å². The first-order chi connectivity index (χ1) is 14.7. The monoisotopic (exact) mass is 438 g/mol. The van der Waals surface area contributed by atoms with Gasteiger partial charge >= 0.3 is 0 Å². The van der Waals surface area contributed by atoms with E-state index in [1.165, 1.54) is 11.8 Å². The quantitative estimate of drug-likeness (QED) is 0.586. The Morgan fingerprint density at radius 1 is 1.13 bits per heavy atom. The van der Waals surface area contributed by atoms with E-state index >= 15 is 0 Å². The number of hydrogen-bond acceptors (Lipinski definition) is 6. The number of amides is 1. The highest BCUT2D eigenvalue weighted by Crippen LogP contribution is 2.43. The fourth-order valence-corrected chi connectivity index (χ4v) is 4.59. The van der Waals surface area contributed by atoms with E-state index in [0.29, 0.717) is 21.7 Å². The molecule has 2 N–H and O–H groups in total. The fourth-order valence-electron chi connectivity index (χ4n) is 3.76. The molecular formula is C22H19ClN4O2S. The zero-order chi connectivity index (χ0) is 20.7. The molecule has 0 radical (unpaired) electrons. The van der Waals surface area contributed by atoms with Crippen molar-refractivity contribution < 1.29 is 9.21 Å². The molecule has 0 saturated carbocycles. The predicted octanol–water partition coefficient (Wildman–Crippen LogP) is 5.22. The number of amidine groups is 1. The van der Waals surface area contributed by atoms with Crippen molar-refractivity contribution >= 4 is 40.1 Å². The van der Waals surface area contributed by atoms with Crippen molar-refractivity contribution in [2.45, 2.75) is 19.1 Å². The summed E-state index contributed by atoms with van der Waals surface area (Å²) in [6.45, 7) is 2.02. The van der Waals surface area contributed by atoms with Crippen LogP contribution in [0.15, 0.2) is 70.2 Å². The van der Waals surface area contributed by atoms with Crippen LogP contribution in [-0.4, -0.2) is 21.8 Å². The number of para-hydroxylation sites is 1. The van der Waals surface area contributed by atoms with Crippen molar-refractivity contribution in [1.82, 2.24) is 10.3 Å². The minimum Gasteiger partial charge on any atom is -0.457 e. The maximum absolute atomic E-state index is 13.0. The Morgan fingerprint density at radius 3 is 2.77 bits per heavy atom. The number of nitrogens with one attached hydrogen (secondary N) is 2. The number of carbonyl (C=O) groups excluding carboxylic acids is 1. The average molecular weight is 439 g/mol. The summed E-state index contributed by atoms with van der Waals surface area (Å²) in [7, 11) is 0. The summed E-state index contributed by atoms with van der Waals surface area (Å²) in [4.78, 5) is 13.0. The molecule has 3 aromatic rings. The standard InChI is InChI=1S/C22H19ClN4O2S/c1-2-30-22-25-21(28)19-14-8-4-6-10-16(14)24-20(27(19)26-22)18-12-11-17(29-18)13-7-3-5-9-15(13)23/h3-12,19-20,24H,2H2,1H3,(H,25,26,28)/t19-,20-/m1/s1. The van der Waals surface area contributed by atoms with Gasteiger partial charge in [0.15, 0.2) is 17.4 Å². The third-order valence-electron chi connectivity index (χ3n) is 5.08. The molecule has 2 aliphatic heterocycles. The molecular weight excluding hydrogens is 420 g/mol. The van der Waals surface area contributed by atoms with E-state index in [9.17, 15) is 4.79 Å². The van der Waals surface area contributed by atoms with Crippen molar-refractivity contribution in [2.24, 2.45) is 5.10 Å². The molecule has 2 atom stereocenters. The second-order valence-electron chi connectivity index (χ2n) is 6.93. The summed E-state index contributed by atoms with van der Waals surface area (Å²) < 4.78 is 6.19. The molecule has 30 heavy (non-hydrogen) atoms. The Labute approximate surface area is 183 Å². The summed E-state index contributed by atoms with van der Waals surface area (Å²) in [5.41, 5.74) is 2.59. The maximum atomic E-state index is 13.0. The molecule has 0 spiro atoms. The van der Waals surface area contributed by atoms with Gasteiger partial charge in [-0.2, -0.15) is 0 Å². The number of thioether (sulfide) groups is 1. The predicted molar refractivity (Wildman–Crippen MR) is 120 cm³/mol. The highest BCUT2D eigenvalue weighted by molar-refractivity contribution is 8.13. The minimum atomic E-state index is -0.539. The minimum absolute atomic E-state index is 0.0993. The van der Waals surface area contributed by atoms with E-state index in [4.69, 9.17) is 21.1 Å². The van der Waals surface area contributed by atoms with Crippen molar-refractivity contribution in [3.63, 3.8) is 0 Å². The zero-order valence-electron chi connectivity index (χ0n) is 16.1. The molecule has 6 nitrogen and oxygen atoms in total. The van der Waals surface area contributed by atoms with Gasteiger partial charge in [-0.1, -0.05) is 60.6 Å². The van der Waals surface area contributed by atoms with Gasteiger partial charge in [-0.15, -0.1) is 5.10 Å². The summed E-state index contributed by atoms with van der Waals surface area (Å²) in [5.74, 6) is 2.03. The summed E-state index contributed by atoms with van der Waals surface area (Å²) in [6.07, 6.45) is -0.431. The Hall–Kier alpha value is -2.90. The summed E-state index contributed by atoms with van der Waals surface area (Å²) in [6, 6.07) is 18.6. The number of furan rings is 1. The van der Waals surface area contributed by atoms with Gasteiger partial charge in [0.25, 0.3) is 5.91 Å². The Balaban J connectivity index is 1.58.